The molecule has 0 fully saturated rings. The highest BCUT2D eigenvalue weighted by Crippen LogP contribution is 2.31. The van der Waals surface area contributed by atoms with Crippen LogP contribution in [-0.4, -0.2) is 26.6 Å². The number of rotatable bonds is 8. The number of nitrogens with one attached hydrogen (secondary N) is 1. The molecule has 9 nitrogen and oxygen atoms in total. The number of ether oxygens (including phenoxy) is 2. The van der Waals surface area contributed by atoms with E-state index in [2.05, 4.69) is 9.97 Å². The van der Waals surface area contributed by atoms with Crippen LogP contribution in [0.15, 0.2) is 41.2 Å². The van der Waals surface area contributed by atoms with E-state index in [4.69, 9.17) is 32.7 Å². The zero-order chi connectivity index (χ0) is 23.3. The van der Waals surface area contributed by atoms with Crippen LogP contribution < -0.4 is 15.0 Å². The summed E-state index contributed by atoms with van der Waals surface area (Å²) in [4.78, 5) is 27.4. The van der Waals surface area contributed by atoms with Crippen LogP contribution in [0.1, 0.15) is 23.9 Å². The highest BCUT2D eigenvalue weighted by molar-refractivity contribution is 6.42. The molecule has 2 N–H and O–H groups in total. The fourth-order valence-electron chi connectivity index (χ4n) is 2.70. The molecule has 1 aromatic heterocycles. The lowest BCUT2D eigenvalue weighted by Gasteiger charge is -2.13. The van der Waals surface area contributed by atoms with E-state index >= 15 is 0 Å². The molecule has 0 bridgehead atoms. The van der Waals surface area contributed by atoms with Gasteiger partial charge in [0, 0.05) is 0 Å². The monoisotopic (exact) mass is 477 g/mol. The van der Waals surface area contributed by atoms with Gasteiger partial charge in [0.25, 0.3) is 5.88 Å². The topological polar surface area (TPSA) is 128 Å². The summed E-state index contributed by atoms with van der Waals surface area (Å²) < 4.78 is 11.5. The van der Waals surface area contributed by atoms with Crippen LogP contribution in [0.2, 0.25) is 10.0 Å². The van der Waals surface area contributed by atoms with Gasteiger partial charge in [-0.1, -0.05) is 41.4 Å². The Morgan fingerprint density at radius 2 is 1.91 bits per heavy atom. The van der Waals surface area contributed by atoms with E-state index in [1.54, 1.807) is 42.5 Å². The van der Waals surface area contributed by atoms with E-state index in [1.807, 2.05) is 6.92 Å². The van der Waals surface area contributed by atoms with Crippen molar-refractivity contribution in [2.45, 2.75) is 13.5 Å². The van der Waals surface area contributed by atoms with Crippen LogP contribution in [0.5, 0.6) is 17.4 Å². The van der Waals surface area contributed by atoms with Crippen LogP contribution in [0.3, 0.4) is 0 Å². The van der Waals surface area contributed by atoms with Gasteiger partial charge in [0.15, 0.2) is 11.5 Å². The Labute approximate surface area is 192 Å². The maximum absolute atomic E-state index is 11.7. The molecule has 0 spiro atoms. The number of nitro groups is 1. The van der Waals surface area contributed by atoms with Crippen molar-refractivity contribution in [3.8, 4) is 17.4 Å². The summed E-state index contributed by atoms with van der Waals surface area (Å²) in [6, 6.07) is 10.4. The van der Waals surface area contributed by atoms with Gasteiger partial charge in [-0.3, -0.25) is 14.9 Å². The summed E-state index contributed by atoms with van der Waals surface area (Å²) in [6.07, 6.45) is 2.99. The zero-order valence-electron chi connectivity index (χ0n) is 16.7. The normalized spacial score (nSPS) is 11.0. The fourth-order valence-corrected chi connectivity index (χ4v) is 3.02. The summed E-state index contributed by atoms with van der Waals surface area (Å²) in [5.74, 6) is -0.00671. The van der Waals surface area contributed by atoms with Gasteiger partial charge in [-0.25, -0.2) is 0 Å². The molecule has 0 unspecified atom stereocenters. The van der Waals surface area contributed by atoms with Crippen molar-refractivity contribution in [3.05, 3.63) is 83.9 Å². The predicted molar refractivity (Wildman–Crippen MR) is 121 cm³/mol. The molecule has 0 atom stereocenters. The van der Waals surface area contributed by atoms with Crippen molar-refractivity contribution >= 4 is 41.0 Å². The summed E-state index contributed by atoms with van der Waals surface area (Å²) >= 11 is 12.0. The number of aromatic amines is 1. The average molecular weight is 478 g/mol. The fraction of sp³-hybridized carbons (Fsp3) is 0.143. The third kappa shape index (κ3) is 5.57. The van der Waals surface area contributed by atoms with Crippen LogP contribution in [0.4, 0.5) is 5.69 Å². The minimum atomic E-state index is -1.05. The summed E-state index contributed by atoms with van der Waals surface area (Å²) in [5.41, 5.74) is -0.554. The van der Waals surface area contributed by atoms with Gasteiger partial charge in [-0.15, -0.1) is 0 Å². The molecule has 0 aliphatic rings. The van der Waals surface area contributed by atoms with E-state index in [9.17, 15) is 20.0 Å². The molecule has 0 aliphatic carbocycles. The molecule has 0 aliphatic heterocycles. The molecule has 0 radical (unpaired) electrons. The molecule has 3 rings (SSSR count). The van der Waals surface area contributed by atoms with Gasteiger partial charge in [-0.2, -0.15) is 4.98 Å². The number of aromatic hydroxyl groups is 1. The van der Waals surface area contributed by atoms with Gasteiger partial charge in [0.1, 0.15) is 12.4 Å². The summed E-state index contributed by atoms with van der Waals surface area (Å²) in [5, 5.41) is 21.3. The van der Waals surface area contributed by atoms with Crippen molar-refractivity contribution in [1.29, 1.82) is 0 Å². The van der Waals surface area contributed by atoms with Crippen LogP contribution in [0.25, 0.3) is 12.2 Å². The standard InChI is InChI=1S/C21H17Cl2N3O6/c1-2-31-17-10-12(5-8-18-24-20(27)19(26(29)30)21(28)25-18)4-7-16(17)32-11-13-3-6-14(22)15(23)9-13/h3-10H,2,11H2,1H3,(H2,24,25,27,28)/b8-5-. The first-order valence-corrected chi connectivity index (χ1v) is 10.0. The van der Waals surface area contributed by atoms with Crippen molar-refractivity contribution in [3.63, 3.8) is 0 Å². The first-order chi connectivity index (χ1) is 15.3. The minimum absolute atomic E-state index is 0.0454. The Bertz CT molecular complexity index is 1240. The molecule has 0 saturated carbocycles. The quantitative estimate of drug-likeness (QED) is 0.350. The lowest BCUT2D eigenvalue weighted by Crippen LogP contribution is -2.14. The Morgan fingerprint density at radius 1 is 1.12 bits per heavy atom. The Morgan fingerprint density at radius 3 is 2.56 bits per heavy atom. The molecule has 1 heterocycles. The maximum atomic E-state index is 11.7. The third-order valence-electron chi connectivity index (χ3n) is 4.16. The van der Waals surface area contributed by atoms with Crippen LogP contribution >= 0.6 is 23.2 Å². The molecule has 166 valence electrons. The number of aromatic nitrogens is 2. The lowest BCUT2D eigenvalue weighted by molar-refractivity contribution is -0.387. The molecule has 2 aromatic carbocycles. The predicted octanol–water partition coefficient (Wildman–Crippen LogP) is 4.84. The second-order valence-electron chi connectivity index (χ2n) is 6.39. The van der Waals surface area contributed by atoms with E-state index in [1.165, 1.54) is 6.08 Å². The Kier molecular flexibility index (Phi) is 7.34. The molecule has 32 heavy (non-hydrogen) atoms. The van der Waals surface area contributed by atoms with E-state index in [0.29, 0.717) is 33.7 Å². The van der Waals surface area contributed by atoms with Crippen molar-refractivity contribution in [1.82, 2.24) is 9.97 Å². The minimum Gasteiger partial charge on any atom is -0.490 e. The van der Waals surface area contributed by atoms with Crippen molar-refractivity contribution in [2.75, 3.05) is 6.61 Å². The summed E-state index contributed by atoms with van der Waals surface area (Å²) in [6.45, 7) is 2.49. The second kappa shape index (κ2) is 10.2. The number of hydrogen-bond acceptors (Lipinski definition) is 7. The number of hydrogen-bond donors (Lipinski definition) is 2. The molecule has 11 heteroatoms. The largest absolute Gasteiger partial charge is 0.490 e. The molecule has 3 aromatic rings. The van der Waals surface area contributed by atoms with Gasteiger partial charge < -0.3 is 19.6 Å². The van der Waals surface area contributed by atoms with Crippen LogP contribution in [-0.2, 0) is 6.61 Å². The number of H-pyrrole nitrogens is 1. The molecular weight excluding hydrogens is 461 g/mol. The molecule has 0 saturated heterocycles. The molecular formula is C21H17Cl2N3O6. The maximum Gasteiger partial charge on any atom is 0.395 e. The second-order valence-corrected chi connectivity index (χ2v) is 7.20. The third-order valence-corrected chi connectivity index (χ3v) is 4.90. The molecule has 0 amide bonds. The number of halogens is 2. The van der Waals surface area contributed by atoms with Crippen molar-refractivity contribution in [2.24, 2.45) is 0 Å². The average Bonchev–Trinajstić information content (AvgIpc) is 2.73. The lowest BCUT2D eigenvalue weighted by atomic mass is 10.2. The van der Waals surface area contributed by atoms with E-state index < -0.39 is 22.0 Å². The van der Waals surface area contributed by atoms with Crippen molar-refractivity contribution < 1.29 is 19.5 Å². The smallest absolute Gasteiger partial charge is 0.395 e. The Balaban J connectivity index is 1.80. The van der Waals surface area contributed by atoms with Gasteiger partial charge >= 0.3 is 11.2 Å². The first kappa shape index (κ1) is 23.1. The highest BCUT2D eigenvalue weighted by atomic mass is 35.5. The van der Waals surface area contributed by atoms with E-state index in [-0.39, 0.29) is 12.4 Å². The summed E-state index contributed by atoms with van der Waals surface area (Å²) in [7, 11) is 0. The highest BCUT2D eigenvalue weighted by Gasteiger charge is 2.21. The SMILES string of the molecule is CCOc1cc(/C=C\c2nc(O)c([N+](=O)[O-])c(=O)[nH]2)ccc1OCc1ccc(Cl)c(Cl)c1. The van der Waals surface area contributed by atoms with E-state index in [0.717, 1.165) is 5.56 Å². The number of benzene rings is 2. The Hall–Kier alpha value is -3.56. The zero-order valence-corrected chi connectivity index (χ0v) is 18.2. The van der Waals surface area contributed by atoms with Crippen LogP contribution in [0, 0.1) is 10.1 Å². The van der Waals surface area contributed by atoms with Gasteiger partial charge in [-0.05, 0) is 48.4 Å². The number of nitrogens with zero attached hydrogens (tertiary/aromatic N) is 2. The van der Waals surface area contributed by atoms with Gasteiger partial charge in [0.2, 0.25) is 0 Å². The van der Waals surface area contributed by atoms with Gasteiger partial charge in [0.05, 0.1) is 21.6 Å². The first-order valence-electron chi connectivity index (χ1n) is 9.27.